The molecule has 1 rings (SSSR count). The minimum absolute atomic E-state index is 0.694. The van der Waals surface area contributed by atoms with Gasteiger partial charge in [0.25, 0.3) is 0 Å². The van der Waals surface area contributed by atoms with Gasteiger partial charge in [-0.25, -0.2) is 0 Å². The molecule has 0 aliphatic carbocycles. The number of rotatable bonds is 0. The molecule has 0 radical (unpaired) electrons. The largest absolute Gasteiger partial charge is 0.297 e. The van der Waals surface area contributed by atoms with Gasteiger partial charge in [0.15, 0.2) is 0 Å². The minimum atomic E-state index is 0.694. The van der Waals surface area contributed by atoms with Crippen LogP contribution in [0, 0.1) is 0 Å². The molecule has 0 amide bonds. The second-order valence-corrected chi connectivity index (χ2v) is 2.41. The van der Waals surface area contributed by atoms with E-state index in [2.05, 4.69) is 5.43 Å². The highest BCUT2D eigenvalue weighted by molar-refractivity contribution is 6.29. The maximum Gasteiger partial charge on any atom is 0.123 e. The molecule has 0 bridgehead atoms. The standard InChI is InChI=1S/C6H9ClN2/c1-5-3-4-9(2)8-6(5)7/h3-4,8H,1-2H3. The highest BCUT2D eigenvalue weighted by atomic mass is 35.5. The van der Waals surface area contributed by atoms with E-state index in [-0.39, 0.29) is 0 Å². The molecule has 0 unspecified atom stereocenters. The van der Waals surface area contributed by atoms with Crippen LogP contribution in [0.5, 0.6) is 0 Å². The Morgan fingerprint density at radius 1 is 1.67 bits per heavy atom. The molecule has 1 aliphatic rings. The van der Waals surface area contributed by atoms with Crippen molar-refractivity contribution in [2.45, 2.75) is 6.92 Å². The van der Waals surface area contributed by atoms with E-state index in [1.807, 2.05) is 26.2 Å². The van der Waals surface area contributed by atoms with Gasteiger partial charge in [-0.2, -0.15) is 0 Å². The smallest absolute Gasteiger partial charge is 0.123 e. The third kappa shape index (κ3) is 1.39. The third-order valence-electron chi connectivity index (χ3n) is 1.17. The number of allylic oxidation sites excluding steroid dienone is 2. The molecule has 1 aliphatic heterocycles. The van der Waals surface area contributed by atoms with Crippen LogP contribution >= 0.6 is 11.6 Å². The molecule has 9 heavy (non-hydrogen) atoms. The predicted octanol–water partition coefficient (Wildman–Crippen LogP) is 1.42. The summed E-state index contributed by atoms with van der Waals surface area (Å²) in [7, 11) is 1.89. The van der Waals surface area contributed by atoms with Crippen molar-refractivity contribution in [1.82, 2.24) is 10.4 Å². The fourth-order valence-corrected chi connectivity index (χ4v) is 0.773. The van der Waals surface area contributed by atoms with E-state index >= 15 is 0 Å². The molecule has 2 nitrogen and oxygen atoms in total. The molecule has 3 heteroatoms. The van der Waals surface area contributed by atoms with Crippen molar-refractivity contribution in [3.05, 3.63) is 23.0 Å². The van der Waals surface area contributed by atoms with Crippen molar-refractivity contribution in [3.8, 4) is 0 Å². The van der Waals surface area contributed by atoms with E-state index in [9.17, 15) is 0 Å². The molecule has 50 valence electrons. The van der Waals surface area contributed by atoms with E-state index in [1.165, 1.54) is 0 Å². The molecule has 0 saturated heterocycles. The fourth-order valence-electron chi connectivity index (χ4n) is 0.577. The zero-order valence-corrected chi connectivity index (χ0v) is 6.24. The van der Waals surface area contributed by atoms with E-state index in [0.29, 0.717) is 5.16 Å². The SMILES string of the molecule is CC1=C(Cl)NN(C)C=C1. The van der Waals surface area contributed by atoms with Crippen molar-refractivity contribution < 1.29 is 0 Å². The predicted molar refractivity (Wildman–Crippen MR) is 38.6 cm³/mol. The van der Waals surface area contributed by atoms with E-state index in [4.69, 9.17) is 11.6 Å². The molecule has 0 aromatic rings. The van der Waals surface area contributed by atoms with Gasteiger partial charge < -0.3 is 0 Å². The average Bonchev–Trinajstić information content (AvgIpc) is 1.80. The van der Waals surface area contributed by atoms with E-state index in [1.54, 1.807) is 5.01 Å². The lowest BCUT2D eigenvalue weighted by molar-refractivity contribution is 0.374. The first-order valence-corrected chi connectivity index (χ1v) is 3.12. The molecule has 1 N–H and O–H groups in total. The topological polar surface area (TPSA) is 15.3 Å². The van der Waals surface area contributed by atoms with Gasteiger partial charge in [0.1, 0.15) is 5.16 Å². The van der Waals surface area contributed by atoms with Gasteiger partial charge in [-0.3, -0.25) is 10.4 Å². The maximum absolute atomic E-state index is 5.74. The number of hydrogen-bond acceptors (Lipinski definition) is 2. The van der Waals surface area contributed by atoms with Crippen LogP contribution in [0.4, 0.5) is 0 Å². The number of halogens is 1. The van der Waals surface area contributed by atoms with Crippen molar-refractivity contribution in [3.63, 3.8) is 0 Å². The lowest BCUT2D eigenvalue weighted by atomic mass is 10.3. The third-order valence-corrected chi connectivity index (χ3v) is 1.55. The summed E-state index contributed by atoms with van der Waals surface area (Å²) < 4.78 is 0. The highest BCUT2D eigenvalue weighted by Gasteiger charge is 2.01. The van der Waals surface area contributed by atoms with Gasteiger partial charge in [0.05, 0.1) is 0 Å². The summed E-state index contributed by atoms with van der Waals surface area (Å²) in [5, 5.41) is 2.50. The zero-order valence-electron chi connectivity index (χ0n) is 5.48. The molecule has 0 atom stereocenters. The minimum Gasteiger partial charge on any atom is -0.297 e. The first-order valence-electron chi connectivity index (χ1n) is 2.74. The lowest BCUT2D eigenvalue weighted by Gasteiger charge is -2.20. The van der Waals surface area contributed by atoms with Crippen LogP contribution in [0.15, 0.2) is 23.0 Å². The first kappa shape index (κ1) is 6.49. The summed E-state index contributed by atoms with van der Waals surface area (Å²) >= 11 is 5.74. The molecular weight excluding hydrogens is 136 g/mol. The maximum atomic E-state index is 5.74. The molecule has 0 aromatic heterocycles. The zero-order chi connectivity index (χ0) is 6.85. The second-order valence-electron chi connectivity index (χ2n) is 2.04. The lowest BCUT2D eigenvalue weighted by Crippen LogP contribution is -2.29. The molecule has 1 heterocycles. The summed E-state index contributed by atoms with van der Waals surface area (Å²) in [6.45, 7) is 1.96. The summed E-state index contributed by atoms with van der Waals surface area (Å²) in [6, 6.07) is 0. The van der Waals surface area contributed by atoms with Crippen molar-refractivity contribution in [2.75, 3.05) is 7.05 Å². The number of nitrogens with one attached hydrogen (secondary N) is 1. The molecule has 0 fully saturated rings. The van der Waals surface area contributed by atoms with Crippen LogP contribution in [0.3, 0.4) is 0 Å². The van der Waals surface area contributed by atoms with Gasteiger partial charge >= 0.3 is 0 Å². The van der Waals surface area contributed by atoms with Gasteiger partial charge in [0.2, 0.25) is 0 Å². The quantitative estimate of drug-likeness (QED) is 0.518. The van der Waals surface area contributed by atoms with Crippen LogP contribution in [0.2, 0.25) is 0 Å². The average molecular weight is 145 g/mol. The van der Waals surface area contributed by atoms with Crippen LogP contribution < -0.4 is 5.43 Å². The normalized spacial score (nSPS) is 18.3. The van der Waals surface area contributed by atoms with Gasteiger partial charge in [-0.15, -0.1) is 0 Å². The molecule has 0 saturated carbocycles. The molecular formula is C6H9ClN2. The Morgan fingerprint density at radius 2 is 2.33 bits per heavy atom. The Hall–Kier alpha value is -0.630. The Morgan fingerprint density at radius 3 is 2.78 bits per heavy atom. The van der Waals surface area contributed by atoms with Crippen LogP contribution in [-0.4, -0.2) is 12.1 Å². The van der Waals surface area contributed by atoms with Gasteiger partial charge in [0, 0.05) is 13.2 Å². The van der Waals surface area contributed by atoms with E-state index in [0.717, 1.165) is 5.57 Å². The molecule has 0 aromatic carbocycles. The molecule has 0 spiro atoms. The van der Waals surface area contributed by atoms with Crippen molar-refractivity contribution >= 4 is 11.6 Å². The highest BCUT2D eigenvalue weighted by Crippen LogP contribution is 2.11. The second kappa shape index (κ2) is 2.31. The summed E-state index contributed by atoms with van der Waals surface area (Å²) in [4.78, 5) is 0. The van der Waals surface area contributed by atoms with Crippen molar-refractivity contribution in [1.29, 1.82) is 0 Å². The first-order chi connectivity index (χ1) is 4.20. The number of nitrogens with zero attached hydrogens (tertiary/aromatic N) is 1. The van der Waals surface area contributed by atoms with Crippen LogP contribution in [0.1, 0.15) is 6.92 Å². The van der Waals surface area contributed by atoms with Gasteiger partial charge in [-0.1, -0.05) is 11.6 Å². The van der Waals surface area contributed by atoms with Crippen LogP contribution in [-0.2, 0) is 0 Å². The summed E-state index contributed by atoms with van der Waals surface area (Å²) in [5.74, 6) is 0. The van der Waals surface area contributed by atoms with Crippen molar-refractivity contribution in [2.24, 2.45) is 0 Å². The Labute approximate surface area is 59.8 Å². The Balaban J connectivity index is 2.75. The number of hydrazine groups is 1. The Kier molecular flexibility index (Phi) is 1.67. The summed E-state index contributed by atoms with van der Waals surface area (Å²) in [6.07, 6.45) is 3.88. The Bertz CT molecular complexity index is 172. The van der Waals surface area contributed by atoms with Crippen LogP contribution in [0.25, 0.3) is 0 Å². The monoisotopic (exact) mass is 144 g/mol. The van der Waals surface area contributed by atoms with Gasteiger partial charge in [-0.05, 0) is 18.6 Å². The summed E-state index contributed by atoms with van der Waals surface area (Å²) in [5.41, 5.74) is 3.99. The van der Waals surface area contributed by atoms with E-state index < -0.39 is 0 Å². The fraction of sp³-hybridized carbons (Fsp3) is 0.333. The number of hydrogen-bond donors (Lipinski definition) is 1.